The minimum absolute atomic E-state index is 0.0997. The fraction of sp³-hybridized carbons (Fsp3) is 0.562. The van der Waals surface area contributed by atoms with E-state index in [2.05, 4.69) is 29.5 Å². The second-order valence-electron chi connectivity index (χ2n) is 5.76. The molecule has 0 spiro atoms. The smallest absolute Gasteiger partial charge is 0.141 e. The second-order valence-corrected chi connectivity index (χ2v) is 5.76. The molecule has 0 bridgehead atoms. The van der Waals surface area contributed by atoms with Crippen LogP contribution in [0.2, 0.25) is 0 Å². The monoisotopic (exact) mass is 275 g/mol. The Morgan fingerprint density at radius 2 is 2.00 bits per heavy atom. The molecule has 1 aromatic carbocycles. The predicted octanol–water partition coefficient (Wildman–Crippen LogP) is 3.03. The molecule has 1 aliphatic carbocycles. The highest BCUT2D eigenvalue weighted by molar-refractivity contribution is 5.80. The molecule has 2 atom stereocenters. The maximum atomic E-state index is 8.81. The van der Waals surface area contributed by atoms with Crippen molar-refractivity contribution in [2.24, 2.45) is 16.8 Å². The first kappa shape index (κ1) is 14.9. The van der Waals surface area contributed by atoms with E-state index in [-0.39, 0.29) is 11.9 Å². The molecule has 20 heavy (non-hydrogen) atoms. The fourth-order valence-corrected chi connectivity index (χ4v) is 3.12. The van der Waals surface area contributed by atoms with Crippen LogP contribution < -0.4 is 11.1 Å². The topological polar surface area (TPSA) is 70.6 Å². The van der Waals surface area contributed by atoms with E-state index in [1.165, 1.54) is 31.2 Å². The lowest BCUT2D eigenvalue weighted by atomic mass is 9.96. The molecule has 1 saturated carbocycles. The number of benzene rings is 1. The molecular formula is C16H25N3O. The molecule has 0 heterocycles. The number of nitrogens with zero attached hydrogens (tertiary/aromatic N) is 1. The Labute approximate surface area is 121 Å². The highest BCUT2D eigenvalue weighted by atomic mass is 16.4. The van der Waals surface area contributed by atoms with Gasteiger partial charge in [0.2, 0.25) is 0 Å². The van der Waals surface area contributed by atoms with Gasteiger partial charge in [0.15, 0.2) is 0 Å². The maximum absolute atomic E-state index is 8.81. The molecule has 2 rings (SSSR count). The Kier molecular flexibility index (Phi) is 5.41. The molecule has 1 fully saturated rings. The Morgan fingerprint density at radius 3 is 2.60 bits per heavy atom. The van der Waals surface area contributed by atoms with Crippen LogP contribution in [0, 0.1) is 5.92 Å². The standard InChI is InChI=1S/C16H25N3O/c1-12(13-7-5-6-8-13)18-15(11-16(17)19-20)14-9-3-2-4-10-14/h2-4,9-10,12-13,15,18,20H,5-8,11H2,1H3,(H2,17,19)/t12-,15?/m1/s1. The number of oxime groups is 1. The average Bonchev–Trinajstić information content (AvgIpc) is 3.01. The van der Waals surface area contributed by atoms with Gasteiger partial charge >= 0.3 is 0 Å². The number of hydrogen-bond acceptors (Lipinski definition) is 3. The summed E-state index contributed by atoms with van der Waals surface area (Å²) in [6.07, 6.45) is 5.82. The van der Waals surface area contributed by atoms with E-state index in [1.54, 1.807) is 0 Å². The molecule has 0 radical (unpaired) electrons. The van der Waals surface area contributed by atoms with Gasteiger partial charge in [0.05, 0.1) is 0 Å². The van der Waals surface area contributed by atoms with Crippen molar-refractivity contribution >= 4 is 5.84 Å². The van der Waals surface area contributed by atoms with Crippen molar-refractivity contribution in [3.63, 3.8) is 0 Å². The van der Waals surface area contributed by atoms with Crippen LogP contribution in [0.4, 0.5) is 0 Å². The van der Waals surface area contributed by atoms with Crippen molar-refractivity contribution in [2.75, 3.05) is 0 Å². The highest BCUT2D eigenvalue weighted by Gasteiger charge is 2.24. The predicted molar refractivity (Wildman–Crippen MR) is 81.8 cm³/mol. The molecule has 4 heteroatoms. The molecular weight excluding hydrogens is 250 g/mol. The third kappa shape index (κ3) is 3.97. The number of nitrogens with two attached hydrogens (primary N) is 1. The van der Waals surface area contributed by atoms with Crippen LogP contribution in [0.15, 0.2) is 35.5 Å². The van der Waals surface area contributed by atoms with Crippen LogP contribution in [-0.4, -0.2) is 17.1 Å². The van der Waals surface area contributed by atoms with Crippen molar-refractivity contribution in [3.05, 3.63) is 35.9 Å². The lowest BCUT2D eigenvalue weighted by Gasteiger charge is -2.27. The molecule has 1 unspecified atom stereocenters. The van der Waals surface area contributed by atoms with E-state index in [1.807, 2.05) is 18.2 Å². The third-order valence-corrected chi connectivity index (χ3v) is 4.31. The van der Waals surface area contributed by atoms with Crippen LogP contribution in [0.25, 0.3) is 0 Å². The summed E-state index contributed by atoms with van der Waals surface area (Å²) in [6.45, 7) is 2.25. The van der Waals surface area contributed by atoms with E-state index < -0.39 is 0 Å². The summed E-state index contributed by atoms with van der Waals surface area (Å²) in [4.78, 5) is 0. The first-order chi connectivity index (χ1) is 9.70. The van der Waals surface area contributed by atoms with E-state index in [0.717, 1.165) is 5.92 Å². The van der Waals surface area contributed by atoms with Crippen molar-refractivity contribution in [3.8, 4) is 0 Å². The molecule has 0 aromatic heterocycles. The first-order valence-corrected chi connectivity index (χ1v) is 7.48. The molecule has 0 amide bonds. The zero-order chi connectivity index (χ0) is 14.4. The van der Waals surface area contributed by atoms with E-state index >= 15 is 0 Å². The fourth-order valence-electron chi connectivity index (χ4n) is 3.12. The van der Waals surface area contributed by atoms with Crippen LogP contribution in [0.3, 0.4) is 0 Å². The average molecular weight is 275 g/mol. The Morgan fingerprint density at radius 1 is 1.35 bits per heavy atom. The Hall–Kier alpha value is -1.55. The van der Waals surface area contributed by atoms with Gasteiger partial charge in [-0.1, -0.05) is 48.3 Å². The SMILES string of the molecule is C[C@@H](NC(C/C(N)=N/O)c1ccccc1)C1CCCC1. The minimum atomic E-state index is 0.0997. The van der Waals surface area contributed by atoms with Crippen LogP contribution >= 0.6 is 0 Å². The maximum Gasteiger partial charge on any atom is 0.141 e. The lowest BCUT2D eigenvalue weighted by Crippen LogP contribution is -2.37. The summed E-state index contributed by atoms with van der Waals surface area (Å²) >= 11 is 0. The molecule has 0 aliphatic heterocycles. The largest absolute Gasteiger partial charge is 0.409 e. The molecule has 1 aliphatic rings. The zero-order valence-corrected chi connectivity index (χ0v) is 12.1. The van der Waals surface area contributed by atoms with E-state index in [0.29, 0.717) is 12.5 Å². The lowest BCUT2D eigenvalue weighted by molar-refractivity contribution is 0.312. The van der Waals surface area contributed by atoms with E-state index in [9.17, 15) is 0 Å². The van der Waals surface area contributed by atoms with Gasteiger partial charge in [-0.3, -0.25) is 0 Å². The van der Waals surface area contributed by atoms with Crippen molar-refractivity contribution in [1.29, 1.82) is 0 Å². The third-order valence-electron chi connectivity index (χ3n) is 4.31. The minimum Gasteiger partial charge on any atom is -0.409 e. The summed E-state index contributed by atoms with van der Waals surface area (Å²) in [5, 5.41) is 15.6. The molecule has 110 valence electrons. The second kappa shape index (κ2) is 7.29. The summed E-state index contributed by atoms with van der Waals surface area (Å²) in [6, 6.07) is 10.8. The summed E-state index contributed by atoms with van der Waals surface area (Å²) in [5.41, 5.74) is 6.88. The van der Waals surface area contributed by atoms with Gasteiger partial charge in [0, 0.05) is 18.5 Å². The molecule has 0 saturated heterocycles. The normalized spacial score (nSPS) is 19.9. The summed E-state index contributed by atoms with van der Waals surface area (Å²) in [7, 11) is 0. The van der Waals surface area contributed by atoms with Crippen molar-refractivity contribution < 1.29 is 5.21 Å². The summed E-state index contributed by atoms with van der Waals surface area (Å²) in [5.74, 6) is 1.01. The van der Waals surface area contributed by atoms with Crippen molar-refractivity contribution in [1.82, 2.24) is 5.32 Å². The molecule has 4 nitrogen and oxygen atoms in total. The van der Waals surface area contributed by atoms with E-state index in [4.69, 9.17) is 10.9 Å². The van der Waals surface area contributed by atoms with Gasteiger partial charge in [-0.05, 0) is 31.2 Å². The quantitative estimate of drug-likeness (QED) is 0.323. The van der Waals surface area contributed by atoms with Gasteiger partial charge in [0.1, 0.15) is 5.84 Å². The summed E-state index contributed by atoms with van der Waals surface area (Å²) < 4.78 is 0. The van der Waals surface area contributed by atoms with Gasteiger partial charge in [-0.25, -0.2) is 0 Å². The van der Waals surface area contributed by atoms with Crippen LogP contribution in [0.1, 0.15) is 50.6 Å². The molecule has 1 aromatic rings. The van der Waals surface area contributed by atoms with Crippen LogP contribution in [0.5, 0.6) is 0 Å². The zero-order valence-electron chi connectivity index (χ0n) is 12.1. The number of rotatable bonds is 6. The first-order valence-electron chi connectivity index (χ1n) is 7.48. The number of hydrogen-bond donors (Lipinski definition) is 3. The van der Waals surface area contributed by atoms with Crippen LogP contribution in [-0.2, 0) is 0 Å². The van der Waals surface area contributed by atoms with Crippen molar-refractivity contribution in [2.45, 2.75) is 51.1 Å². The highest BCUT2D eigenvalue weighted by Crippen LogP contribution is 2.29. The number of nitrogens with one attached hydrogen (secondary N) is 1. The van der Waals surface area contributed by atoms with Gasteiger partial charge in [-0.2, -0.15) is 0 Å². The number of amidine groups is 1. The van der Waals surface area contributed by atoms with Gasteiger partial charge in [0.25, 0.3) is 0 Å². The molecule has 4 N–H and O–H groups in total. The van der Waals surface area contributed by atoms with Gasteiger partial charge < -0.3 is 16.3 Å². The Balaban J connectivity index is 2.05. The Bertz CT molecular complexity index is 427. The van der Waals surface area contributed by atoms with Gasteiger partial charge in [-0.15, -0.1) is 0 Å².